The maximum atomic E-state index is 12.3. The van der Waals surface area contributed by atoms with Crippen molar-refractivity contribution >= 4 is 33.7 Å². The number of pyridine rings is 1. The summed E-state index contributed by atoms with van der Waals surface area (Å²) in [6.45, 7) is 2.13. The van der Waals surface area contributed by atoms with Gasteiger partial charge < -0.3 is 9.73 Å². The third kappa shape index (κ3) is 2.75. The lowest BCUT2D eigenvalue weighted by Gasteiger charge is -2.06. The van der Waals surface area contributed by atoms with Crippen LogP contribution in [0.15, 0.2) is 45.7 Å². The number of hydrogen-bond acceptors (Lipinski definition) is 5. The molecule has 8 nitrogen and oxygen atoms in total. The van der Waals surface area contributed by atoms with Crippen molar-refractivity contribution in [2.45, 2.75) is 19.9 Å². The Morgan fingerprint density at radius 2 is 2.12 bits per heavy atom. The third-order valence-electron chi connectivity index (χ3n) is 4.28. The lowest BCUT2D eigenvalue weighted by molar-refractivity contribution is -0.116. The molecule has 0 unspecified atom stereocenters. The van der Waals surface area contributed by atoms with Crippen molar-refractivity contribution in [2.24, 2.45) is 7.05 Å². The van der Waals surface area contributed by atoms with Crippen LogP contribution in [0.25, 0.3) is 22.1 Å². The quantitative estimate of drug-likeness (QED) is 0.608. The number of aryl methyl sites for hydroxylation is 3. The van der Waals surface area contributed by atoms with Crippen molar-refractivity contribution in [3.8, 4) is 0 Å². The van der Waals surface area contributed by atoms with Crippen LogP contribution in [0.2, 0.25) is 0 Å². The van der Waals surface area contributed by atoms with Gasteiger partial charge in [0.25, 0.3) is 0 Å². The largest absolute Gasteiger partial charge is 0.419 e. The van der Waals surface area contributed by atoms with Gasteiger partial charge in [0.2, 0.25) is 5.91 Å². The standard InChI is InChI=1S/C18H17N5O3/c1-11-13-9-12(10-19-17(13)22(2)21-11)20-16(24)7-8-23-14-5-3-4-6-15(14)26-18(23)25/h3-6,9-10H,7-8H2,1-2H3,(H,20,24). The number of aromatic nitrogens is 4. The average molecular weight is 351 g/mol. The Kier molecular flexibility index (Phi) is 3.80. The summed E-state index contributed by atoms with van der Waals surface area (Å²) in [4.78, 5) is 28.6. The molecular formula is C18H17N5O3. The molecule has 132 valence electrons. The molecule has 8 heteroatoms. The van der Waals surface area contributed by atoms with Gasteiger partial charge in [-0.3, -0.25) is 14.0 Å². The van der Waals surface area contributed by atoms with Gasteiger partial charge in [0.15, 0.2) is 11.2 Å². The van der Waals surface area contributed by atoms with E-state index in [1.54, 1.807) is 29.1 Å². The number of rotatable bonds is 4. The van der Waals surface area contributed by atoms with Gasteiger partial charge in [-0.15, -0.1) is 0 Å². The summed E-state index contributed by atoms with van der Waals surface area (Å²) in [5, 5.41) is 8.02. The molecule has 1 aromatic carbocycles. The van der Waals surface area contributed by atoms with Gasteiger partial charge in [0.1, 0.15) is 0 Å². The molecule has 0 saturated heterocycles. The van der Waals surface area contributed by atoms with Crippen molar-refractivity contribution in [1.82, 2.24) is 19.3 Å². The monoisotopic (exact) mass is 351 g/mol. The lowest BCUT2D eigenvalue weighted by Crippen LogP contribution is -2.19. The van der Waals surface area contributed by atoms with E-state index in [4.69, 9.17) is 4.42 Å². The van der Waals surface area contributed by atoms with E-state index in [1.807, 2.05) is 26.1 Å². The van der Waals surface area contributed by atoms with Gasteiger partial charge in [-0.1, -0.05) is 12.1 Å². The summed E-state index contributed by atoms with van der Waals surface area (Å²) < 4.78 is 8.33. The molecule has 0 spiro atoms. The predicted octanol–water partition coefficient (Wildman–Crippen LogP) is 2.21. The Hall–Kier alpha value is -3.42. The van der Waals surface area contributed by atoms with Crippen LogP contribution in [0.1, 0.15) is 12.1 Å². The van der Waals surface area contributed by atoms with E-state index in [1.165, 1.54) is 4.57 Å². The number of hydrogen-bond donors (Lipinski definition) is 1. The Bertz CT molecular complexity index is 1180. The zero-order valence-electron chi connectivity index (χ0n) is 14.4. The average Bonchev–Trinajstić information content (AvgIpc) is 3.09. The molecule has 4 rings (SSSR count). The molecule has 0 aliphatic carbocycles. The number of carbonyl (C=O) groups excluding carboxylic acids is 1. The van der Waals surface area contributed by atoms with Crippen molar-refractivity contribution in [1.29, 1.82) is 0 Å². The van der Waals surface area contributed by atoms with Crippen LogP contribution in [0, 0.1) is 6.92 Å². The fraction of sp³-hybridized carbons (Fsp3) is 0.222. The lowest BCUT2D eigenvalue weighted by atomic mass is 10.2. The van der Waals surface area contributed by atoms with E-state index in [0.717, 1.165) is 16.7 Å². The molecule has 26 heavy (non-hydrogen) atoms. The van der Waals surface area contributed by atoms with Gasteiger partial charge >= 0.3 is 5.76 Å². The van der Waals surface area contributed by atoms with Crippen LogP contribution >= 0.6 is 0 Å². The van der Waals surface area contributed by atoms with Crippen molar-refractivity contribution in [3.63, 3.8) is 0 Å². The molecule has 3 heterocycles. The van der Waals surface area contributed by atoms with Gasteiger partial charge in [-0.05, 0) is 25.1 Å². The van der Waals surface area contributed by atoms with Crippen molar-refractivity contribution in [3.05, 3.63) is 52.8 Å². The Balaban J connectivity index is 1.49. The zero-order valence-corrected chi connectivity index (χ0v) is 14.4. The highest BCUT2D eigenvalue weighted by Crippen LogP contribution is 2.19. The van der Waals surface area contributed by atoms with Crippen molar-refractivity contribution < 1.29 is 9.21 Å². The highest BCUT2D eigenvalue weighted by molar-refractivity contribution is 5.93. The van der Waals surface area contributed by atoms with Crippen LogP contribution in [0.3, 0.4) is 0 Å². The Morgan fingerprint density at radius 3 is 2.96 bits per heavy atom. The minimum Gasteiger partial charge on any atom is -0.408 e. The third-order valence-corrected chi connectivity index (χ3v) is 4.28. The van der Waals surface area contributed by atoms with Gasteiger partial charge in [0, 0.05) is 25.4 Å². The second kappa shape index (κ2) is 6.14. The minimum absolute atomic E-state index is 0.146. The molecule has 4 aromatic rings. The second-order valence-electron chi connectivity index (χ2n) is 6.09. The van der Waals surface area contributed by atoms with E-state index in [2.05, 4.69) is 15.4 Å². The van der Waals surface area contributed by atoms with Gasteiger partial charge in [-0.25, -0.2) is 9.78 Å². The van der Waals surface area contributed by atoms with Crippen LogP contribution < -0.4 is 11.1 Å². The molecule has 0 saturated carbocycles. The maximum Gasteiger partial charge on any atom is 0.419 e. The molecule has 0 fully saturated rings. The number of para-hydroxylation sites is 2. The number of anilines is 1. The molecule has 0 atom stereocenters. The fourth-order valence-corrected chi connectivity index (χ4v) is 3.04. The highest BCUT2D eigenvalue weighted by Gasteiger charge is 2.12. The number of carbonyl (C=O) groups is 1. The summed E-state index contributed by atoms with van der Waals surface area (Å²) in [5.41, 5.74) is 3.40. The van der Waals surface area contributed by atoms with Crippen LogP contribution in [0.4, 0.5) is 5.69 Å². The summed E-state index contributed by atoms with van der Waals surface area (Å²) >= 11 is 0. The Labute approximate surface area is 148 Å². The van der Waals surface area contributed by atoms with E-state index in [0.29, 0.717) is 16.8 Å². The van der Waals surface area contributed by atoms with Crippen molar-refractivity contribution in [2.75, 3.05) is 5.32 Å². The van der Waals surface area contributed by atoms with Gasteiger partial charge in [-0.2, -0.15) is 5.10 Å². The molecule has 0 aliphatic heterocycles. The molecule has 0 aliphatic rings. The Morgan fingerprint density at radius 1 is 1.31 bits per heavy atom. The molecule has 3 aromatic heterocycles. The molecule has 0 bridgehead atoms. The first-order valence-electron chi connectivity index (χ1n) is 8.20. The number of oxazole rings is 1. The van der Waals surface area contributed by atoms with Crippen LogP contribution in [-0.4, -0.2) is 25.2 Å². The number of nitrogens with zero attached hydrogens (tertiary/aromatic N) is 4. The molecular weight excluding hydrogens is 334 g/mol. The topological polar surface area (TPSA) is 95.0 Å². The van der Waals surface area contributed by atoms with E-state index in [9.17, 15) is 9.59 Å². The zero-order chi connectivity index (χ0) is 18.3. The fourth-order valence-electron chi connectivity index (χ4n) is 3.04. The van der Waals surface area contributed by atoms with E-state index in [-0.39, 0.29) is 18.9 Å². The molecule has 1 N–H and O–H groups in total. The first kappa shape index (κ1) is 16.1. The van der Waals surface area contributed by atoms with Gasteiger partial charge in [0.05, 0.1) is 23.1 Å². The minimum atomic E-state index is -0.465. The summed E-state index contributed by atoms with van der Waals surface area (Å²) in [6.07, 6.45) is 1.74. The highest BCUT2D eigenvalue weighted by atomic mass is 16.4. The first-order chi connectivity index (χ1) is 12.5. The normalized spacial score (nSPS) is 11.3. The predicted molar refractivity (Wildman–Crippen MR) is 97.0 cm³/mol. The number of nitrogens with one attached hydrogen (secondary N) is 1. The summed E-state index contributed by atoms with van der Waals surface area (Å²) in [5.74, 6) is -0.669. The SMILES string of the molecule is Cc1nn(C)c2ncc(NC(=O)CCn3c(=O)oc4ccccc43)cc12. The van der Waals surface area contributed by atoms with E-state index < -0.39 is 5.76 Å². The molecule has 1 amide bonds. The van der Waals surface area contributed by atoms with Crippen LogP contribution in [0.5, 0.6) is 0 Å². The molecule has 0 radical (unpaired) electrons. The summed E-state index contributed by atoms with van der Waals surface area (Å²) in [7, 11) is 1.83. The second-order valence-corrected chi connectivity index (χ2v) is 6.09. The van der Waals surface area contributed by atoms with E-state index >= 15 is 0 Å². The number of fused-ring (bicyclic) bond motifs is 2. The number of benzene rings is 1. The first-order valence-corrected chi connectivity index (χ1v) is 8.20. The summed E-state index contributed by atoms with van der Waals surface area (Å²) in [6, 6.07) is 8.99. The number of amides is 1. The maximum absolute atomic E-state index is 12.3. The van der Waals surface area contributed by atoms with Crippen LogP contribution in [-0.2, 0) is 18.4 Å². The smallest absolute Gasteiger partial charge is 0.408 e.